The first kappa shape index (κ1) is 32.1. The number of imidazole rings is 1. The van der Waals surface area contributed by atoms with Crippen molar-refractivity contribution < 1.29 is 44.7 Å². The van der Waals surface area contributed by atoms with Crippen LogP contribution in [-0.4, -0.2) is 54.8 Å². The maximum atomic E-state index is 13.9. The zero-order valence-electron chi connectivity index (χ0n) is 22.8. The van der Waals surface area contributed by atoms with Crippen molar-refractivity contribution in [3.8, 4) is 0 Å². The van der Waals surface area contributed by atoms with Gasteiger partial charge in [-0.2, -0.15) is 31.4 Å². The van der Waals surface area contributed by atoms with Gasteiger partial charge in [0.25, 0.3) is 5.91 Å². The van der Waals surface area contributed by atoms with E-state index in [1.54, 1.807) is 25.1 Å². The molecule has 1 aliphatic carbocycles. The molecule has 1 aliphatic rings. The van der Waals surface area contributed by atoms with Gasteiger partial charge in [-0.1, -0.05) is 6.07 Å². The summed E-state index contributed by atoms with van der Waals surface area (Å²) in [6.45, 7) is 0.936. The van der Waals surface area contributed by atoms with Crippen molar-refractivity contribution in [2.24, 2.45) is 5.92 Å². The Bertz CT molecular complexity index is 1420. The van der Waals surface area contributed by atoms with Crippen LogP contribution in [0.1, 0.15) is 86.0 Å². The Hall–Kier alpha value is -3.79. The van der Waals surface area contributed by atoms with Crippen molar-refractivity contribution >= 4 is 22.8 Å². The highest BCUT2D eigenvalue weighted by molar-refractivity contribution is 5.91. The van der Waals surface area contributed by atoms with E-state index in [1.165, 1.54) is 0 Å². The number of aromatic amines is 1. The standard InChI is InChI=1S/C26H29F8N7O2/c1-14(37-19(42)6-9-25(29,30)31)16-2-3-17-18(12-16)39-21(38-17)20(15-4-7-24(27,28)8-5-15)40-23(43)22-35-13-36-41(22)11-10-26(32,33)34/h2-3,12-15,20H,4-11H2,1H3,(H,37,42)(H,38,39)(H,40,43)/t14-,20+/m1/s1. The lowest BCUT2D eigenvalue weighted by atomic mass is 9.81. The Labute approximate surface area is 239 Å². The molecule has 0 spiro atoms. The molecule has 1 fully saturated rings. The van der Waals surface area contributed by atoms with E-state index >= 15 is 0 Å². The molecule has 0 radical (unpaired) electrons. The first-order chi connectivity index (χ1) is 20.0. The van der Waals surface area contributed by atoms with Crippen LogP contribution in [0.15, 0.2) is 24.5 Å². The van der Waals surface area contributed by atoms with Crippen LogP contribution in [0.3, 0.4) is 0 Å². The molecule has 9 nitrogen and oxygen atoms in total. The van der Waals surface area contributed by atoms with Crippen LogP contribution in [0.5, 0.6) is 0 Å². The maximum Gasteiger partial charge on any atom is 0.390 e. The van der Waals surface area contributed by atoms with Gasteiger partial charge in [-0.25, -0.2) is 23.4 Å². The number of nitrogens with zero attached hydrogens (tertiary/aromatic N) is 4. The number of alkyl halides is 8. The highest BCUT2D eigenvalue weighted by Crippen LogP contribution is 2.41. The Morgan fingerprint density at radius 1 is 1.07 bits per heavy atom. The summed E-state index contributed by atoms with van der Waals surface area (Å²) >= 11 is 0. The van der Waals surface area contributed by atoms with Crippen LogP contribution in [0.2, 0.25) is 0 Å². The zero-order valence-corrected chi connectivity index (χ0v) is 22.8. The van der Waals surface area contributed by atoms with Crippen LogP contribution in [0.25, 0.3) is 11.0 Å². The van der Waals surface area contributed by atoms with Gasteiger partial charge in [0.15, 0.2) is 0 Å². The topological polar surface area (TPSA) is 118 Å². The molecule has 43 heavy (non-hydrogen) atoms. The van der Waals surface area contributed by atoms with E-state index in [4.69, 9.17) is 0 Å². The molecule has 236 valence electrons. The fourth-order valence-corrected chi connectivity index (χ4v) is 4.96. The molecule has 2 heterocycles. The van der Waals surface area contributed by atoms with Gasteiger partial charge < -0.3 is 15.6 Å². The number of aromatic nitrogens is 5. The van der Waals surface area contributed by atoms with E-state index in [9.17, 15) is 44.7 Å². The molecule has 0 aliphatic heterocycles. The quantitative estimate of drug-likeness (QED) is 0.242. The molecule has 1 saturated carbocycles. The van der Waals surface area contributed by atoms with Crippen molar-refractivity contribution in [3.05, 3.63) is 41.7 Å². The number of hydrogen-bond donors (Lipinski definition) is 3. The Balaban J connectivity index is 1.55. The normalized spacial score (nSPS) is 17.5. The van der Waals surface area contributed by atoms with Gasteiger partial charge in [-0.15, -0.1) is 0 Å². The van der Waals surface area contributed by atoms with E-state index in [-0.39, 0.29) is 24.5 Å². The third-order valence-corrected chi connectivity index (χ3v) is 7.28. The number of benzene rings is 1. The molecule has 17 heteroatoms. The fraction of sp³-hybridized carbons (Fsp3) is 0.577. The van der Waals surface area contributed by atoms with E-state index in [0.717, 1.165) is 11.0 Å². The molecular weight excluding hydrogens is 594 g/mol. The zero-order chi connectivity index (χ0) is 31.6. The number of H-pyrrole nitrogens is 1. The monoisotopic (exact) mass is 623 g/mol. The predicted octanol–water partition coefficient (Wildman–Crippen LogP) is 5.92. The number of nitrogens with one attached hydrogen (secondary N) is 3. The average molecular weight is 624 g/mol. The first-order valence-corrected chi connectivity index (χ1v) is 13.5. The summed E-state index contributed by atoms with van der Waals surface area (Å²) in [6, 6.07) is 3.22. The predicted molar refractivity (Wildman–Crippen MR) is 136 cm³/mol. The molecule has 0 saturated heterocycles. The lowest BCUT2D eigenvalue weighted by Gasteiger charge is -2.33. The number of hydrogen-bond acceptors (Lipinski definition) is 5. The molecule has 3 aromatic rings. The van der Waals surface area contributed by atoms with Crippen molar-refractivity contribution in [2.45, 2.75) is 88.8 Å². The second kappa shape index (κ2) is 12.4. The second-order valence-electron chi connectivity index (χ2n) is 10.6. The molecule has 0 unspecified atom stereocenters. The number of halogens is 8. The molecule has 2 atom stereocenters. The van der Waals surface area contributed by atoms with Crippen molar-refractivity contribution in [1.29, 1.82) is 0 Å². The Morgan fingerprint density at radius 2 is 1.74 bits per heavy atom. The van der Waals surface area contributed by atoms with Gasteiger partial charge >= 0.3 is 12.4 Å². The number of aryl methyl sites for hydroxylation is 1. The highest BCUT2D eigenvalue weighted by Gasteiger charge is 2.40. The maximum absolute atomic E-state index is 13.9. The van der Waals surface area contributed by atoms with Crippen LogP contribution in [-0.2, 0) is 11.3 Å². The first-order valence-electron chi connectivity index (χ1n) is 13.5. The Kier molecular flexibility index (Phi) is 9.30. The number of amides is 2. The third-order valence-electron chi connectivity index (χ3n) is 7.28. The fourth-order valence-electron chi connectivity index (χ4n) is 4.96. The molecule has 2 amide bonds. The summed E-state index contributed by atoms with van der Waals surface area (Å²) in [6.07, 6.45) is -12.1. The number of carbonyl (C=O) groups excluding carboxylic acids is 2. The molecule has 0 bridgehead atoms. The minimum absolute atomic E-state index is 0.0298. The minimum Gasteiger partial charge on any atom is -0.350 e. The lowest BCUT2D eigenvalue weighted by molar-refractivity contribution is -0.144. The van der Waals surface area contributed by atoms with E-state index in [0.29, 0.717) is 16.6 Å². The molecular formula is C26H29F8N7O2. The molecule has 2 aromatic heterocycles. The van der Waals surface area contributed by atoms with Gasteiger partial charge in [0, 0.05) is 19.3 Å². The minimum atomic E-state index is -4.49. The number of fused-ring (bicyclic) bond motifs is 1. The van der Waals surface area contributed by atoms with E-state index in [1.807, 2.05) is 0 Å². The molecule has 3 N–H and O–H groups in total. The van der Waals surface area contributed by atoms with Gasteiger partial charge in [-0.3, -0.25) is 9.59 Å². The molecule has 4 rings (SSSR count). The van der Waals surface area contributed by atoms with Crippen LogP contribution < -0.4 is 10.6 Å². The smallest absolute Gasteiger partial charge is 0.350 e. The lowest BCUT2D eigenvalue weighted by Crippen LogP contribution is -2.38. The Morgan fingerprint density at radius 3 is 2.40 bits per heavy atom. The van der Waals surface area contributed by atoms with Crippen LogP contribution >= 0.6 is 0 Å². The van der Waals surface area contributed by atoms with Gasteiger partial charge in [0.05, 0.1) is 42.5 Å². The van der Waals surface area contributed by atoms with E-state index < -0.39 is 86.7 Å². The summed E-state index contributed by atoms with van der Waals surface area (Å²) in [5.74, 6) is -5.19. The number of carbonyl (C=O) groups is 2. The van der Waals surface area contributed by atoms with Crippen molar-refractivity contribution in [2.75, 3.05) is 0 Å². The van der Waals surface area contributed by atoms with Gasteiger partial charge in [-0.05, 0) is 43.4 Å². The summed E-state index contributed by atoms with van der Waals surface area (Å²) in [5, 5.41) is 8.88. The molecule has 1 aromatic carbocycles. The average Bonchev–Trinajstić information content (AvgIpc) is 3.55. The van der Waals surface area contributed by atoms with Crippen LogP contribution in [0.4, 0.5) is 35.1 Å². The summed E-state index contributed by atoms with van der Waals surface area (Å²) in [7, 11) is 0. The van der Waals surface area contributed by atoms with Crippen LogP contribution in [0, 0.1) is 5.92 Å². The third kappa shape index (κ3) is 8.86. The number of rotatable bonds is 10. The van der Waals surface area contributed by atoms with E-state index in [2.05, 4.69) is 30.7 Å². The summed E-state index contributed by atoms with van der Waals surface area (Å²) in [4.78, 5) is 36.5. The van der Waals surface area contributed by atoms with Crippen molar-refractivity contribution in [1.82, 2.24) is 35.4 Å². The summed E-state index contributed by atoms with van der Waals surface area (Å²) < 4.78 is 104. The second-order valence-corrected chi connectivity index (χ2v) is 10.6. The van der Waals surface area contributed by atoms with Gasteiger partial charge in [0.1, 0.15) is 12.2 Å². The van der Waals surface area contributed by atoms with Gasteiger partial charge in [0.2, 0.25) is 17.7 Å². The largest absolute Gasteiger partial charge is 0.390 e. The SMILES string of the molecule is C[C@@H](NC(=O)CCC(F)(F)F)c1ccc2[nH]c([C@@H](NC(=O)c3ncnn3CCC(F)(F)F)C3CCC(F)(F)CC3)nc2c1. The van der Waals surface area contributed by atoms with Crippen molar-refractivity contribution in [3.63, 3.8) is 0 Å². The highest BCUT2D eigenvalue weighted by atomic mass is 19.4. The summed E-state index contributed by atoms with van der Waals surface area (Å²) in [5.41, 5.74) is 1.39.